The van der Waals surface area contributed by atoms with Gasteiger partial charge in [-0.1, -0.05) is 6.92 Å². The summed E-state index contributed by atoms with van der Waals surface area (Å²) in [6.07, 6.45) is 5.69. The molecule has 4 heteroatoms. The number of nitrogens with zero attached hydrogens (tertiary/aromatic N) is 2. The highest BCUT2D eigenvalue weighted by Crippen LogP contribution is 2.29. The van der Waals surface area contributed by atoms with Crippen LogP contribution in [0.25, 0.3) is 0 Å². The van der Waals surface area contributed by atoms with Gasteiger partial charge in [0, 0.05) is 25.1 Å². The average molecular weight is 263 g/mol. The van der Waals surface area contributed by atoms with Crippen LogP contribution in [0.5, 0.6) is 0 Å². The lowest BCUT2D eigenvalue weighted by molar-refractivity contribution is -0.123. The van der Waals surface area contributed by atoms with Crippen molar-refractivity contribution in [2.24, 2.45) is 24.6 Å². The van der Waals surface area contributed by atoms with E-state index in [-0.39, 0.29) is 5.92 Å². The van der Waals surface area contributed by atoms with E-state index < -0.39 is 0 Å². The molecule has 0 atom stereocenters. The molecule has 1 aromatic rings. The normalized spacial score (nSPS) is 23.5. The minimum atomic E-state index is 0.239. The molecule has 0 saturated heterocycles. The number of hydrogen-bond acceptors (Lipinski definition) is 3. The van der Waals surface area contributed by atoms with Crippen molar-refractivity contribution in [2.75, 3.05) is 6.54 Å². The molecular formula is C15H25N3O. The van der Waals surface area contributed by atoms with Crippen molar-refractivity contribution in [2.45, 2.75) is 45.4 Å². The van der Waals surface area contributed by atoms with Gasteiger partial charge < -0.3 is 5.73 Å². The highest BCUT2D eigenvalue weighted by molar-refractivity contribution is 5.83. The van der Waals surface area contributed by atoms with Gasteiger partial charge in [0.2, 0.25) is 0 Å². The molecule has 4 nitrogen and oxygen atoms in total. The van der Waals surface area contributed by atoms with Gasteiger partial charge in [0.1, 0.15) is 5.78 Å². The SMILES string of the molecule is CCc1cc(CC(=O)C2CCC(CN)CC2)n(C)n1. The van der Waals surface area contributed by atoms with Crippen LogP contribution in [0.4, 0.5) is 0 Å². The van der Waals surface area contributed by atoms with Crippen LogP contribution in [-0.4, -0.2) is 22.1 Å². The number of hydrogen-bond donors (Lipinski definition) is 1. The topological polar surface area (TPSA) is 60.9 Å². The molecule has 0 unspecified atom stereocenters. The second kappa shape index (κ2) is 6.33. The molecule has 1 fully saturated rings. The fourth-order valence-corrected chi connectivity index (χ4v) is 2.95. The van der Waals surface area contributed by atoms with Crippen molar-refractivity contribution >= 4 is 5.78 Å². The molecule has 2 rings (SSSR count). The molecule has 0 aliphatic heterocycles. The predicted molar refractivity (Wildman–Crippen MR) is 75.8 cm³/mol. The summed E-state index contributed by atoms with van der Waals surface area (Å²) in [6, 6.07) is 2.06. The Kier molecular flexibility index (Phi) is 4.75. The zero-order valence-electron chi connectivity index (χ0n) is 12.1. The van der Waals surface area contributed by atoms with Crippen LogP contribution in [0.15, 0.2) is 6.07 Å². The standard InChI is InChI=1S/C15H25N3O/c1-3-13-8-14(18(2)17-13)9-15(19)12-6-4-11(10-16)5-7-12/h8,11-12H,3-7,9-10,16H2,1-2H3. The Balaban J connectivity index is 1.92. The maximum Gasteiger partial charge on any atom is 0.141 e. The molecule has 0 amide bonds. The summed E-state index contributed by atoms with van der Waals surface area (Å²) in [4.78, 5) is 12.3. The summed E-state index contributed by atoms with van der Waals surface area (Å²) in [5.74, 6) is 1.25. The largest absolute Gasteiger partial charge is 0.330 e. The minimum absolute atomic E-state index is 0.239. The molecule has 2 N–H and O–H groups in total. The third-order valence-electron chi connectivity index (χ3n) is 4.38. The van der Waals surface area contributed by atoms with Crippen molar-refractivity contribution < 1.29 is 4.79 Å². The monoisotopic (exact) mass is 263 g/mol. The van der Waals surface area contributed by atoms with Crippen molar-refractivity contribution in [1.82, 2.24) is 9.78 Å². The lowest BCUT2D eigenvalue weighted by atomic mass is 9.79. The first-order valence-corrected chi connectivity index (χ1v) is 7.38. The average Bonchev–Trinajstić information content (AvgIpc) is 2.79. The summed E-state index contributed by atoms with van der Waals surface area (Å²) < 4.78 is 1.85. The molecule has 0 bridgehead atoms. The molecule has 1 aromatic heterocycles. The van der Waals surface area contributed by atoms with Crippen LogP contribution in [0.2, 0.25) is 0 Å². The third kappa shape index (κ3) is 3.44. The second-order valence-electron chi connectivity index (χ2n) is 5.70. The smallest absolute Gasteiger partial charge is 0.141 e. The summed E-state index contributed by atoms with van der Waals surface area (Å²) in [7, 11) is 1.92. The van der Waals surface area contributed by atoms with E-state index in [1.165, 1.54) is 0 Å². The van der Waals surface area contributed by atoms with E-state index >= 15 is 0 Å². The number of aromatic nitrogens is 2. The Morgan fingerprint density at radius 2 is 2.11 bits per heavy atom. The Hall–Kier alpha value is -1.16. The van der Waals surface area contributed by atoms with Crippen LogP contribution in [-0.2, 0) is 24.7 Å². The van der Waals surface area contributed by atoms with Crippen molar-refractivity contribution in [3.63, 3.8) is 0 Å². The second-order valence-corrected chi connectivity index (χ2v) is 5.70. The molecule has 1 saturated carbocycles. The van der Waals surface area contributed by atoms with Crippen molar-refractivity contribution in [3.05, 3.63) is 17.5 Å². The molecule has 1 aliphatic carbocycles. The van der Waals surface area contributed by atoms with Crippen LogP contribution in [0, 0.1) is 11.8 Å². The summed E-state index contributed by atoms with van der Waals surface area (Å²) in [5, 5.41) is 4.40. The number of aryl methyl sites for hydroxylation is 2. The summed E-state index contributed by atoms with van der Waals surface area (Å²) in [6.45, 7) is 2.85. The van der Waals surface area contributed by atoms with Gasteiger partial charge in [0.25, 0.3) is 0 Å². The molecule has 19 heavy (non-hydrogen) atoms. The van der Waals surface area contributed by atoms with Crippen molar-refractivity contribution in [3.8, 4) is 0 Å². The fourth-order valence-electron chi connectivity index (χ4n) is 2.95. The van der Waals surface area contributed by atoms with Gasteiger partial charge in [-0.15, -0.1) is 0 Å². The van der Waals surface area contributed by atoms with Gasteiger partial charge >= 0.3 is 0 Å². The number of Topliss-reactive ketones (excluding diaryl/α,β-unsaturated/α-hetero) is 1. The van der Waals surface area contributed by atoms with Crippen LogP contribution >= 0.6 is 0 Å². The lowest BCUT2D eigenvalue weighted by Gasteiger charge is -2.26. The van der Waals surface area contributed by atoms with E-state index in [1.54, 1.807) is 0 Å². The van der Waals surface area contributed by atoms with Crippen LogP contribution < -0.4 is 5.73 Å². The van der Waals surface area contributed by atoms with Gasteiger partial charge in [-0.3, -0.25) is 9.48 Å². The van der Waals surface area contributed by atoms with E-state index in [9.17, 15) is 4.79 Å². The lowest BCUT2D eigenvalue weighted by Crippen LogP contribution is -2.27. The van der Waals surface area contributed by atoms with Gasteiger partial charge in [0.15, 0.2) is 0 Å². The zero-order valence-corrected chi connectivity index (χ0v) is 12.1. The van der Waals surface area contributed by atoms with E-state index in [4.69, 9.17) is 5.73 Å². The highest BCUT2D eigenvalue weighted by atomic mass is 16.1. The first-order valence-electron chi connectivity index (χ1n) is 7.38. The van der Waals surface area contributed by atoms with Gasteiger partial charge in [-0.25, -0.2) is 0 Å². The molecule has 0 spiro atoms. The van der Waals surface area contributed by atoms with E-state index in [2.05, 4.69) is 18.1 Å². The number of carbonyl (C=O) groups excluding carboxylic acids is 1. The number of rotatable bonds is 5. The Labute approximate surface area is 115 Å². The first kappa shape index (κ1) is 14.3. The van der Waals surface area contributed by atoms with Gasteiger partial charge in [-0.2, -0.15) is 5.10 Å². The van der Waals surface area contributed by atoms with Crippen LogP contribution in [0.3, 0.4) is 0 Å². The number of carbonyl (C=O) groups is 1. The number of nitrogens with two attached hydrogens (primary N) is 1. The molecular weight excluding hydrogens is 238 g/mol. The van der Waals surface area contributed by atoms with Crippen molar-refractivity contribution in [1.29, 1.82) is 0 Å². The number of ketones is 1. The summed E-state index contributed by atoms with van der Waals surface area (Å²) in [5.41, 5.74) is 7.80. The van der Waals surface area contributed by atoms with Gasteiger partial charge in [-0.05, 0) is 50.6 Å². The van der Waals surface area contributed by atoms with E-state index in [1.807, 2.05) is 11.7 Å². The quantitative estimate of drug-likeness (QED) is 0.882. The molecule has 1 aliphatic rings. The molecule has 0 radical (unpaired) electrons. The predicted octanol–water partition coefficient (Wildman–Crippen LogP) is 1.86. The Morgan fingerprint density at radius 1 is 1.42 bits per heavy atom. The first-order chi connectivity index (χ1) is 9.13. The zero-order chi connectivity index (χ0) is 13.8. The minimum Gasteiger partial charge on any atom is -0.330 e. The van der Waals surface area contributed by atoms with Crippen LogP contribution in [0.1, 0.15) is 44.0 Å². The van der Waals surface area contributed by atoms with E-state index in [0.717, 1.165) is 50.0 Å². The summed E-state index contributed by atoms with van der Waals surface area (Å²) >= 11 is 0. The maximum absolute atomic E-state index is 12.3. The maximum atomic E-state index is 12.3. The van der Waals surface area contributed by atoms with Gasteiger partial charge in [0.05, 0.1) is 5.69 Å². The molecule has 0 aromatic carbocycles. The highest BCUT2D eigenvalue weighted by Gasteiger charge is 2.26. The van der Waals surface area contributed by atoms with E-state index in [0.29, 0.717) is 18.1 Å². The molecule has 106 valence electrons. The fraction of sp³-hybridized carbons (Fsp3) is 0.733. The molecule has 1 heterocycles. The third-order valence-corrected chi connectivity index (χ3v) is 4.38. The Bertz CT molecular complexity index is 431. The Morgan fingerprint density at radius 3 is 2.63 bits per heavy atom.